The van der Waals surface area contributed by atoms with E-state index in [1.807, 2.05) is 6.92 Å². The van der Waals surface area contributed by atoms with E-state index in [2.05, 4.69) is 28.0 Å². The van der Waals surface area contributed by atoms with Crippen molar-refractivity contribution in [1.29, 1.82) is 0 Å². The Morgan fingerprint density at radius 1 is 0.963 bits per heavy atom. The van der Waals surface area contributed by atoms with Gasteiger partial charge >= 0.3 is 0 Å². The van der Waals surface area contributed by atoms with Gasteiger partial charge in [0.05, 0.1) is 13.7 Å². The second-order valence-electron chi connectivity index (χ2n) is 8.65. The summed E-state index contributed by atoms with van der Waals surface area (Å²) in [5.74, 6) is 3.43. The molecule has 2 heterocycles. The van der Waals surface area contributed by atoms with E-state index in [1.165, 1.54) is 70.3 Å². The average molecular weight is 373 g/mol. The fraction of sp³-hybridized carbons (Fsp3) is 0.739. The van der Waals surface area contributed by atoms with E-state index in [9.17, 15) is 0 Å². The van der Waals surface area contributed by atoms with Crippen LogP contribution in [0.25, 0.3) is 0 Å². The van der Waals surface area contributed by atoms with E-state index in [4.69, 9.17) is 9.47 Å². The van der Waals surface area contributed by atoms with Crippen molar-refractivity contribution in [1.82, 2.24) is 9.80 Å². The Bertz CT molecular complexity index is 600. The molecular formula is C23H36N2O2. The monoisotopic (exact) mass is 372 g/mol. The van der Waals surface area contributed by atoms with Crippen LogP contribution in [0, 0.1) is 11.8 Å². The normalized spacial score (nSPS) is 29.5. The van der Waals surface area contributed by atoms with Crippen LogP contribution in [0.1, 0.15) is 51.0 Å². The van der Waals surface area contributed by atoms with E-state index in [0.717, 1.165) is 35.9 Å². The minimum Gasteiger partial charge on any atom is -0.493 e. The first kappa shape index (κ1) is 19.1. The highest BCUT2D eigenvalue weighted by Gasteiger charge is 2.42. The summed E-state index contributed by atoms with van der Waals surface area (Å²) in [6.07, 6.45) is 8.52. The summed E-state index contributed by atoms with van der Waals surface area (Å²) in [6.45, 7) is 8.91. The van der Waals surface area contributed by atoms with Crippen molar-refractivity contribution in [3.63, 3.8) is 0 Å². The highest BCUT2D eigenvalue weighted by atomic mass is 16.5. The fourth-order valence-electron chi connectivity index (χ4n) is 5.79. The minimum atomic E-state index is 0.670. The standard InChI is InChI=1S/C23H36N2O2/c1-3-27-21-11-10-18(14-22(21)26-2)15-24-16-19-8-7-9-20(17-24)23(19)25-12-5-4-6-13-25/h10-11,14,19-20,23H,3-9,12-13,15-17H2,1-2H3/t19-,20-/m0/s1. The molecule has 4 nitrogen and oxygen atoms in total. The first-order valence-corrected chi connectivity index (χ1v) is 11.0. The zero-order chi connectivity index (χ0) is 18.6. The predicted molar refractivity (Wildman–Crippen MR) is 109 cm³/mol. The highest BCUT2D eigenvalue weighted by molar-refractivity contribution is 5.43. The van der Waals surface area contributed by atoms with E-state index in [0.29, 0.717) is 6.61 Å². The van der Waals surface area contributed by atoms with Gasteiger partial charge in [-0.2, -0.15) is 0 Å². The van der Waals surface area contributed by atoms with Crippen molar-refractivity contribution in [3.05, 3.63) is 23.8 Å². The molecule has 0 amide bonds. The maximum absolute atomic E-state index is 5.67. The van der Waals surface area contributed by atoms with E-state index in [1.54, 1.807) is 7.11 Å². The Hall–Kier alpha value is -1.26. The van der Waals surface area contributed by atoms with E-state index in [-0.39, 0.29) is 0 Å². The Morgan fingerprint density at radius 3 is 2.37 bits per heavy atom. The molecule has 0 N–H and O–H groups in total. The summed E-state index contributed by atoms with van der Waals surface area (Å²) >= 11 is 0. The smallest absolute Gasteiger partial charge is 0.161 e. The third-order valence-corrected chi connectivity index (χ3v) is 6.85. The van der Waals surface area contributed by atoms with Crippen LogP contribution in [-0.2, 0) is 6.54 Å². The largest absolute Gasteiger partial charge is 0.493 e. The summed E-state index contributed by atoms with van der Waals surface area (Å²) in [6, 6.07) is 7.29. The molecule has 1 aliphatic carbocycles. The summed E-state index contributed by atoms with van der Waals surface area (Å²) in [5.41, 5.74) is 1.34. The van der Waals surface area contributed by atoms with Crippen molar-refractivity contribution < 1.29 is 9.47 Å². The molecule has 2 bridgehead atoms. The van der Waals surface area contributed by atoms with Crippen molar-refractivity contribution in [2.24, 2.45) is 11.8 Å². The molecule has 4 heteroatoms. The number of piperidine rings is 2. The summed E-state index contributed by atoms with van der Waals surface area (Å²) < 4.78 is 11.2. The lowest BCUT2D eigenvalue weighted by Crippen LogP contribution is -2.58. The summed E-state index contributed by atoms with van der Waals surface area (Å²) in [4.78, 5) is 5.55. The van der Waals surface area contributed by atoms with E-state index < -0.39 is 0 Å². The number of fused-ring (bicyclic) bond motifs is 2. The lowest BCUT2D eigenvalue weighted by molar-refractivity contribution is -0.0290. The SMILES string of the molecule is CCOc1ccc(CN2C[C@@H]3CCC[C@@H](C2)C3N2CCCCC2)cc1OC. The molecule has 27 heavy (non-hydrogen) atoms. The molecule has 4 rings (SSSR count). The lowest BCUT2D eigenvalue weighted by atomic mass is 9.72. The van der Waals surface area contributed by atoms with Crippen molar-refractivity contribution >= 4 is 0 Å². The molecule has 0 spiro atoms. The van der Waals surface area contributed by atoms with Crippen LogP contribution in [0.4, 0.5) is 0 Å². The van der Waals surface area contributed by atoms with Gasteiger partial charge in [-0.3, -0.25) is 9.80 Å². The van der Waals surface area contributed by atoms with Crippen LogP contribution in [0.15, 0.2) is 18.2 Å². The predicted octanol–water partition coefficient (Wildman–Crippen LogP) is 4.18. The Labute approximate surface area is 164 Å². The number of benzene rings is 1. The molecule has 2 aliphatic heterocycles. The Kier molecular flexibility index (Phi) is 6.24. The third-order valence-electron chi connectivity index (χ3n) is 6.85. The molecular weight excluding hydrogens is 336 g/mol. The molecule has 2 saturated heterocycles. The van der Waals surface area contributed by atoms with Gasteiger partial charge in [0.25, 0.3) is 0 Å². The number of ether oxygens (including phenoxy) is 2. The number of methoxy groups -OCH3 is 1. The maximum Gasteiger partial charge on any atom is 0.161 e. The summed E-state index contributed by atoms with van der Waals surface area (Å²) in [5, 5.41) is 0. The van der Waals surface area contributed by atoms with Crippen LogP contribution < -0.4 is 9.47 Å². The van der Waals surface area contributed by atoms with Gasteiger partial charge < -0.3 is 9.47 Å². The van der Waals surface area contributed by atoms with Crippen LogP contribution in [0.2, 0.25) is 0 Å². The second kappa shape index (κ2) is 8.83. The third kappa shape index (κ3) is 4.27. The molecule has 150 valence electrons. The second-order valence-corrected chi connectivity index (χ2v) is 8.65. The summed E-state index contributed by atoms with van der Waals surface area (Å²) in [7, 11) is 1.73. The molecule has 1 saturated carbocycles. The molecule has 1 aromatic carbocycles. The minimum absolute atomic E-state index is 0.670. The zero-order valence-corrected chi connectivity index (χ0v) is 17.2. The van der Waals surface area contributed by atoms with Crippen molar-refractivity contribution in [3.8, 4) is 11.5 Å². The van der Waals surface area contributed by atoms with E-state index >= 15 is 0 Å². The van der Waals surface area contributed by atoms with Crippen LogP contribution in [0.5, 0.6) is 11.5 Å². The van der Waals surface area contributed by atoms with Gasteiger partial charge in [-0.15, -0.1) is 0 Å². The zero-order valence-electron chi connectivity index (χ0n) is 17.2. The quantitative estimate of drug-likeness (QED) is 0.748. The highest BCUT2D eigenvalue weighted by Crippen LogP contribution is 2.39. The van der Waals surface area contributed by atoms with Gasteiger partial charge in [0.15, 0.2) is 11.5 Å². The molecule has 2 atom stereocenters. The molecule has 0 radical (unpaired) electrons. The van der Waals surface area contributed by atoms with Crippen LogP contribution in [-0.4, -0.2) is 55.7 Å². The van der Waals surface area contributed by atoms with Gasteiger partial charge in [0, 0.05) is 25.7 Å². The van der Waals surface area contributed by atoms with Gasteiger partial charge in [-0.1, -0.05) is 18.9 Å². The molecule has 3 aliphatic rings. The number of hydrogen-bond donors (Lipinski definition) is 0. The molecule has 0 aromatic heterocycles. The fourth-order valence-corrected chi connectivity index (χ4v) is 5.79. The number of likely N-dealkylation sites (tertiary alicyclic amines) is 2. The van der Waals surface area contributed by atoms with Crippen molar-refractivity contribution in [2.75, 3.05) is 39.9 Å². The van der Waals surface area contributed by atoms with Crippen molar-refractivity contribution in [2.45, 2.75) is 58.0 Å². The van der Waals surface area contributed by atoms with Crippen LogP contribution >= 0.6 is 0 Å². The van der Waals surface area contributed by atoms with Gasteiger partial charge in [0.2, 0.25) is 0 Å². The Balaban J connectivity index is 1.43. The van der Waals surface area contributed by atoms with Gasteiger partial charge in [0.1, 0.15) is 0 Å². The number of nitrogens with zero attached hydrogens (tertiary/aromatic N) is 2. The molecule has 0 unspecified atom stereocenters. The number of hydrogen-bond acceptors (Lipinski definition) is 4. The van der Waals surface area contributed by atoms with Gasteiger partial charge in [-0.05, 0) is 75.2 Å². The maximum atomic E-state index is 5.67. The molecule has 1 aromatic rings. The lowest BCUT2D eigenvalue weighted by Gasteiger charge is -2.52. The number of rotatable bonds is 6. The first-order chi connectivity index (χ1) is 13.3. The average Bonchev–Trinajstić information content (AvgIpc) is 2.69. The Morgan fingerprint density at radius 2 is 1.70 bits per heavy atom. The van der Waals surface area contributed by atoms with Gasteiger partial charge in [-0.25, -0.2) is 0 Å². The molecule has 3 fully saturated rings. The van der Waals surface area contributed by atoms with Crippen LogP contribution in [0.3, 0.4) is 0 Å². The first-order valence-electron chi connectivity index (χ1n) is 11.0. The topological polar surface area (TPSA) is 24.9 Å².